The molecule has 108 valence electrons. The van der Waals surface area contributed by atoms with Gasteiger partial charge in [-0.05, 0) is 37.6 Å². The minimum absolute atomic E-state index is 0.154. The van der Waals surface area contributed by atoms with Crippen LogP contribution in [0, 0.1) is 13.8 Å². The molecule has 4 nitrogen and oxygen atoms in total. The van der Waals surface area contributed by atoms with Crippen molar-refractivity contribution in [2.75, 3.05) is 6.61 Å². The molecule has 0 aromatic heterocycles. The van der Waals surface area contributed by atoms with Gasteiger partial charge >= 0.3 is 5.97 Å². The lowest BCUT2D eigenvalue weighted by Crippen LogP contribution is -2.39. The van der Waals surface area contributed by atoms with Crippen molar-refractivity contribution in [1.29, 1.82) is 0 Å². The second kappa shape index (κ2) is 5.48. The first-order valence-corrected chi connectivity index (χ1v) is 6.81. The largest absolute Gasteiger partial charge is 0.485 e. The number of para-hydroxylation sites is 2. The van der Waals surface area contributed by atoms with E-state index in [2.05, 4.69) is 0 Å². The summed E-state index contributed by atoms with van der Waals surface area (Å²) >= 11 is 0. The molecule has 0 unspecified atom stereocenters. The first kappa shape index (κ1) is 13.5. The lowest BCUT2D eigenvalue weighted by atomic mass is 10.1. The number of carbonyl (C=O) groups excluding carboxylic acids is 1. The molecular formula is C17H16O4. The predicted molar refractivity (Wildman–Crippen MR) is 77.9 cm³/mol. The quantitative estimate of drug-likeness (QED) is 0.628. The standard InChI is InChI=1S/C17H16O4/c1-11-7-8-13(12(2)9-11)21-17(18)16-10-19-14-5-3-4-6-15(14)20-16/h3-9,16H,10H2,1-2H3/t16-/m1/s1. The van der Waals surface area contributed by atoms with Crippen molar-refractivity contribution in [3.63, 3.8) is 0 Å². The summed E-state index contributed by atoms with van der Waals surface area (Å²) in [6.07, 6.45) is -0.749. The van der Waals surface area contributed by atoms with Crippen LogP contribution in [0.3, 0.4) is 0 Å². The predicted octanol–water partition coefficient (Wildman–Crippen LogP) is 3.05. The summed E-state index contributed by atoms with van der Waals surface area (Å²) in [5, 5.41) is 0. The van der Waals surface area contributed by atoms with Gasteiger partial charge in [-0.1, -0.05) is 29.8 Å². The smallest absolute Gasteiger partial charge is 0.356 e. The molecule has 3 rings (SSSR count). The van der Waals surface area contributed by atoms with Gasteiger partial charge in [-0.2, -0.15) is 0 Å². The highest BCUT2D eigenvalue weighted by Crippen LogP contribution is 2.31. The number of hydrogen-bond donors (Lipinski definition) is 0. The molecule has 0 N–H and O–H groups in total. The van der Waals surface area contributed by atoms with E-state index >= 15 is 0 Å². The average molecular weight is 284 g/mol. The highest BCUT2D eigenvalue weighted by molar-refractivity contribution is 5.78. The molecule has 1 aliphatic heterocycles. The Kier molecular flexibility index (Phi) is 3.52. The van der Waals surface area contributed by atoms with E-state index in [1.54, 1.807) is 18.2 Å². The Morgan fingerprint density at radius 1 is 1.14 bits per heavy atom. The van der Waals surface area contributed by atoms with Crippen molar-refractivity contribution in [1.82, 2.24) is 0 Å². The first-order valence-electron chi connectivity index (χ1n) is 6.81. The number of rotatable bonds is 2. The molecule has 1 atom stereocenters. The number of ether oxygens (including phenoxy) is 3. The maximum Gasteiger partial charge on any atom is 0.356 e. The topological polar surface area (TPSA) is 44.8 Å². The van der Waals surface area contributed by atoms with Crippen LogP contribution in [0.2, 0.25) is 0 Å². The summed E-state index contributed by atoms with van der Waals surface area (Å²) in [7, 11) is 0. The number of aryl methyl sites for hydroxylation is 2. The Hall–Kier alpha value is -2.49. The number of carbonyl (C=O) groups is 1. The molecule has 2 aromatic carbocycles. The van der Waals surface area contributed by atoms with Crippen molar-refractivity contribution in [2.45, 2.75) is 20.0 Å². The molecular weight excluding hydrogens is 268 g/mol. The highest BCUT2D eigenvalue weighted by atomic mass is 16.6. The van der Waals surface area contributed by atoms with Gasteiger partial charge in [-0.25, -0.2) is 4.79 Å². The van der Waals surface area contributed by atoms with Crippen LogP contribution in [0.1, 0.15) is 11.1 Å². The maximum absolute atomic E-state index is 12.2. The molecule has 2 aromatic rings. The molecule has 0 fully saturated rings. The highest BCUT2D eigenvalue weighted by Gasteiger charge is 2.29. The average Bonchev–Trinajstić information content (AvgIpc) is 2.49. The third-order valence-electron chi connectivity index (χ3n) is 3.31. The zero-order chi connectivity index (χ0) is 14.8. The van der Waals surface area contributed by atoms with Gasteiger partial charge < -0.3 is 14.2 Å². The molecule has 0 aliphatic carbocycles. The molecule has 1 aliphatic rings. The van der Waals surface area contributed by atoms with Gasteiger partial charge in [0.25, 0.3) is 0 Å². The summed E-state index contributed by atoms with van der Waals surface area (Å²) in [4.78, 5) is 12.2. The van der Waals surface area contributed by atoms with E-state index < -0.39 is 12.1 Å². The fourth-order valence-corrected chi connectivity index (χ4v) is 2.22. The van der Waals surface area contributed by atoms with E-state index in [4.69, 9.17) is 14.2 Å². The number of benzene rings is 2. The maximum atomic E-state index is 12.2. The molecule has 4 heteroatoms. The normalized spacial score (nSPS) is 16.4. The van der Waals surface area contributed by atoms with Crippen LogP contribution in [0.25, 0.3) is 0 Å². The summed E-state index contributed by atoms with van der Waals surface area (Å²) in [6.45, 7) is 4.05. The second-order valence-electron chi connectivity index (χ2n) is 5.05. The van der Waals surface area contributed by atoms with Crippen LogP contribution < -0.4 is 14.2 Å². The Morgan fingerprint density at radius 2 is 1.90 bits per heavy atom. The van der Waals surface area contributed by atoms with Crippen LogP contribution in [0.15, 0.2) is 42.5 Å². The van der Waals surface area contributed by atoms with Crippen LogP contribution >= 0.6 is 0 Å². The monoisotopic (exact) mass is 284 g/mol. The number of esters is 1. The van der Waals surface area contributed by atoms with Gasteiger partial charge in [-0.15, -0.1) is 0 Å². The van der Waals surface area contributed by atoms with Crippen LogP contribution in [-0.2, 0) is 4.79 Å². The second-order valence-corrected chi connectivity index (χ2v) is 5.05. The van der Waals surface area contributed by atoms with E-state index in [1.807, 2.05) is 38.1 Å². The minimum atomic E-state index is -0.749. The zero-order valence-corrected chi connectivity index (χ0v) is 12.0. The van der Waals surface area contributed by atoms with E-state index in [1.165, 1.54) is 0 Å². The Balaban J connectivity index is 1.72. The van der Waals surface area contributed by atoms with Crippen LogP contribution in [0.4, 0.5) is 0 Å². The van der Waals surface area contributed by atoms with Crippen molar-refractivity contribution < 1.29 is 19.0 Å². The van der Waals surface area contributed by atoms with E-state index in [0.717, 1.165) is 11.1 Å². The van der Waals surface area contributed by atoms with Gasteiger partial charge in [0, 0.05) is 0 Å². The van der Waals surface area contributed by atoms with Gasteiger partial charge in [0.15, 0.2) is 11.5 Å². The summed E-state index contributed by atoms with van der Waals surface area (Å²) in [5.41, 5.74) is 2.04. The van der Waals surface area contributed by atoms with Crippen LogP contribution in [-0.4, -0.2) is 18.7 Å². The van der Waals surface area contributed by atoms with Crippen molar-refractivity contribution in [3.05, 3.63) is 53.6 Å². The van der Waals surface area contributed by atoms with Gasteiger partial charge in [0.05, 0.1) is 0 Å². The van der Waals surface area contributed by atoms with Crippen LogP contribution in [0.5, 0.6) is 17.2 Å². The lowest BCUT2D eigenvalue weighted by Gasteiger charge is -2.25. The van der Waals surface area contributed by atoms with Gasteiger partial charge in [0.1, 0.15) is 12.4 Å². The Morgan fingerprint density at radius 3 is 2.67 bits per heavy atom. The van der Waals surface area contributed by atoms with E-state index in [-0.39, 0.29) is 6.61 Å². The summed E-state index contributed by atoms with van der Waals surface area (Å²) in [5.74, 6) is 1.31. The third kappa shape index (κ3) is 2.84. The molecule has 0 amide bonds. The summed E-state index contributed by atoms with van der Waals surface area (Å²) < 4.78 is 16.6. The Bertz CT molecular complexity index is 678. The SMILES string of the molecule is Cc1ccc(OC(=O)[C@H]2COc3ccccc3O2)c(C)c1. The molecule has 1 heterocycles. The number of fused-ring (bicyclic) bond motifs is 1. The fraction of sp³-hybridized carbons (Fsp3) is 0.235. The van der Waals surface area contributed by atoms with E-state index in [9.17, 15) is 4.79 Å². The Labute approximate surface area is 123 Å². The molecule has 21 heavy (non-hydrogen) atoms. The number of hydrogen-bond acceptors (Lipinski definition) is 4. The fourth-order valence-electron chi connectivity index (χ4n) is 2.22. The lowest BCUT2D eigenvalue weighted by molar-refractivity contribution is -0.144. The van der Waals surface area contributed by atoms with Crippen molar-refractivity contribution >= 4 is 5.97 Å². The van der Waals surface area contributed by atoms with Crippen molar-refractivity contribution in [2.24, 2.45) is 0 Å². The van der Waals surface area contributed by atoms with Gasteiger partial charge in [-0.3, -0.25) is 0 Å². The van der Waals surface area contributed by atoms with E-state index in [0.29, 0.717) is 17.2 Å². The first-order chi connectivity index (χ1) is 10.1. The third-order valence-corrected chi connectivity index (χ3v) is 3.31. The minimum Gasteiger partial charge on any atom is -0.485 e. The molecule has 0 spiro atoms. The van der Waals surface area contributed by atoms with Crippen molar-refractivity contribution in [3.8, 4) is 17.2 Å². The zero-order valence-electron chi connectivity index (χ0n) is 12.0. The molecule has 0 saturated carbocycles. The molecule has 0 radical (unpaired) electrons. The molecule has 0 bridgehead atoms. The van der Waals surface area contributed by atoms with Gasteiger partial charge in [0.2, 0.25) is 6.10 Å². The molecule has 0 saturated heterocycles. The summed E-state index contributed by atoms with van der Waals surface area (Å²) in [6, 6.07) is 12.9.